The lowest BCUT2D eigenvalue weighted by molar-refractivity contribution is -0.137. The van der Waals surface area contributed by atoms with Crippen LogP contribution in [0.5, 0.6) is 0 Å². The zero-order chi connectivity index (χ0) is 20.5. The van der Waals surface area contributed by atoms with Crippen LogP contribution in [0.25, 0.3) is 11.1 Å². The summed E-state index contributed by atoms with van der Waals surface area (Å²) in [6.45, 7) is 2.20. The van der Waals surface area contributed by atoms with Gasteiger partial charge in [-0.3, -0.25) is 4.79 Å². The Kier molecular flexibility index (Phi) is 5.74. The number of carbonyl (C=O) groups excluding carboxylic acids is 1. The van der Waals surface area contributed by atoms with E-state index in [2.05, 4.69) is 0 Å². The fourth-order valence-electron chi connectivity index (χ4n) is 3.50. The van der Waals surface area contributed by atoms with Crippen LogP contribution in [0.1, 0.15) is 30.4 Å². The number of likely N-dealkylation sites (tertiary alicyclic amines) is 1. The average Bonchev–Trinajstić information content (AvgIpc) is 3.12. The molecule has 0 unspecified atom stereocenters. The van der Waals surface area contributed by atoms with E-state index in [1.165, 1.54) is 17.0 Å². The smallest absolute Gasteiger partial charge is 0.338 e. The van der Waals surface area contributed by atoms with Crippen molar-refractivity contribution in [2.75, 3.05) is 13.1 Å². The van der Waals surface area contributed by atoms with Gasteiger partial charge in [0.15, 0.2) is 0 Å². The molecule has 3 nitrogen and oxygen atoms in total. The molecular weight excluding hydrogens is 372 g/mol. The molecule has 0 aliphatic carbocycles. The first-order valence-electron chi connectivity index (χ1n) is 9.13. The van der Waals surface area contributed by atoms with Gasteiger partial charge in [0.1, 0.15) is 6.17 Å². The van der Waals surface area contributed by atoms with E-state index in [0.29, 0.717) is 18.5 Å². The van der Waals surface area contributed by atoms with Crippen LogP contribution in [0.15, 0.2) is 48.5 Å². The number of carbonyl (C=O) groups is 1. The lowest BCUT2D eigenvalue weighted by atomic mass is 9.90. The largest absolute Gasteiger partial charge is 0.417 e. The predicted molar refractivity (Wildman–Crippen MR) is 99.4 cm³/mol. The van der Waals surface area contributed by atoms with Crippen LogP contribution >= 0.6 is 0 Å². The van der Waals surface area contributed by atoms with Crippen molar-refractivity contribution in [2.45, 2.75) is 37.7 Å². The molecule has 1 amide bonds. The van der Waals surface area contributed by atoms with Crippen LogP contribution in [-0.4, -0.2) is 36.1 Å². The zero-order valence-corrected chi connectivity index (χ0v) is 15.4. The monoisotopic (exact) mass is 394 g/mol. The molecule has 7 heteroatoms. The number of nitrogens with two attached hydrogens (primary N) is 1. The zero-order valence-electron chi connectivity index (χ0n) is 15.4. The minimum Gasteiger partial charge on any atom is -0.338 e. The third kappa shape index (κ3) is 4.19. The molecule has 1 aliphatic heterocycles. The minimum absolute atomic E-state index is 0.0619. The standard InChI is InChI=1S/C21H22F4N2O/c1-13(19(26)20(28)27-11-10-16(22)12-27)14-6-8-15(9-7-14)17-4-2-3-5-18(17)21(23,24)25/h2-9,13,16,19H,10-12,26H2,1H3/t13-,16-,19-/m0/s1. The average molecular weight is 394 g/mol. The fourth-order valence-corrected chi connectivity index (χ4v) is 3.50. The summed E-state index contributed by atoms with van der Waals surface area (Å²) in [5.41, 5.74) is 6.66. The molecule has 1 saturated heterocycles. The maximum Gasteiger partial charge on any atom is 0.417 e. The van der Waals surface area contributed by atoms with E-state index in [-0.39, 0.29) is 23.9 Å². The quantitative estimate of drug-likeness (QED) is 0.783. The molecule has 0 radical (unpaired) electrons. The van der Waals surface area contributed by atoms with Crippen molar-refractivity contribution in [3.05, 3.63) is 59.7 Å². The summed E-state index contributed by atoms with van der Waals surface area (Å²) in [7, 11) is 0. The highest BCUT2D eigenvalue weighted by Crippen LogP contribution is 2.37. The Labute approximate surface area is 161 Å². The van der Waals surface area contributed by atoms with E-state index in [1.54, 1.807) is 37.3 Å². The summed E-state index contributed by atoms with van der Waals surface area (Å²) < 4.78 is 53.0. The Morgan fingerprint density at radius 1 is 1.14 bits per heavy atom. The van der Waals surface area contributed by atoms with Crippen LogP contribution in [0, 0.1) is 0 Å². The molecule has 3 rings (SSSR count). The van der Waals surface area contributed by atoms with Crippen LogP contribution in [0.3, 0.4) is 0 Å². The topological polar surface area (TPSA) is 46.3 Å². The number of rotatable bonds is 4. The molecule has 2 aromatic rings. The second-order valence-corrected chi connectivity index (χ2v) is 7.15. The van der Waals surface area contributed by atoms with Crippen molar-refractivity contribution in [1.82, 2.24) is 4.90 Å². The van der Waals surface area contributed by atoms with Crippen molar-refractivity contribution in [3.8, 4) is 11.1 Å². The molecule has 0 bridgehead atoms. The number of nitrogens with zero attached hydrogens (tertiary/aromatic N) is 1. The first-order valence-corrected chi connectivity index (χ1v) is 9.13. The second-order valence-electron chi connectivity index (χ2n) is 7.15. The van der Waals surface area contributed by atoms with Gasteiger partial charge in [-0.25, -0.2) is 4.39 Å². The highest BCUT2D eigenvalue weighted by molar-refractivity contribution is 5.83. The van der Waals surface area contributed by atoms with Gasteiger partial charge in [0.2, 0.25) is 5.91 Å². The van der Waals surface area contributed by atoms with Crippen molar-refractivity contribution < 1.29 is 22.4 Å². The summed E-state index contributed by atoms with van der Waals surface area (Å²) in [6.07, 6.45) is -5.14. The normalized spacial score (nSPS) is 19.5. The first kappa shape index (κ1) is 20.3. The molecule has 28 heavy (non-hydrogen) atoms. The van der Waals surface area contributed by atoms with E-state index in [9.17, 15) is 22.4 Å². The van der Waals surface area contributed by atoms with Crippen LogP contribution in [0.2, 0.25) is 0 Å². The van der Waals surface area contributed by atoms with Gasteiger partial charge in [-0.2, -0.15) is 13.2 Å². The molecule has 1 heterocycles. The maximum absolute atomic E-state index is 13.3. The van der Waals surface area contributed by atoms with E-state index in [0.717, 1.165) is 11.6 Å². The van der Waals surface area contributed by atoms with Gasteiger partial charge in [-0.1, -0.05) is 49.4 Å². The van der Waals surface area contributed by atoms with Crippen LogP contribution in [-0.2, 0) is 11.0 Å². The number of alkyl halides is 4. The first-order chi connectivity index (χ1) is 13.2. The molecule has 0 aromatic heterocycles. The number of benzene rings is 2. The molecular formula is C21H22F4N2O. The van der Waals surface area contributed by atoms with Crippen LogP contribution < -0.4 is 5.73 Å². The lowest BCUT2D eigenvalue weighted by Crippen LogP contribution is -2.45. The van der Waals surface area contributed by atoms with Crippen molar-refractivity contribution >= 4 is 5.91 Å². The Balaban J connectivity index is 1.78. The SMILES string of the molecule is C[C@@H](c1ccc(-c2ccccc2C(F)(F)F)cc1)[C@H](N)C(=O)N1CC[C@H](F)C1. The summed E-state index contributed by atoms with van der Waals surface area (Å²) in [5, 5.41) is 0. The lowest BCUT2D eigenvalue weighted by Gasteiger charge is -2.25. The Hall–Kier alpha value is -2.41. The van der Waals surface area contributed by atoms with Gasteiger partial charge in [0.25, 0.3) is 0 Å². The Bertz CT molecular complexity index is 835. The predicted octanol–water partition coefficient (Wildman–Crippen LogP) is 4.37. The highest BCUT2D eigenvalue weighted by Gasteiger charge is 2.34. The van der Waals surface area contributed by atoms with Gasteiger partial charge in [-0.05, 0) is 29.2 Å². The van der Waals surface area contributed by atoms with Crippen molar-refractivity contribution in [3.63, 3.8) is 0 Å². The van der Waals surface area contributed by atoms with E-state index >= 15 is 0 Å². The van der Waals surface area contributed by atoms with E-state index < -0.39 is 24.0 Å². The van der Waals surface area contributed by atoms with Gasteiger partial charge in [0, 0.05) is 12.5 Å². The minimum atomic E-state index is -4.44. The Morgan fingerprint density at radius 3 is 2.36 bits per heavy atom. The third-order valence-electron chi connectivity index (χ3n) is 5.25. The third-order valence-corrected chi connectivity index (χ3v) is 5.25. The molecule has 2 N–H and O–H groups in total. The number of halogens is 4. The van der Waals surface area contributed by atoms with Gasteiger partial charge >= 0.3 is 6.18 Å². The molecule has 1 fully saturated rings. The van der Waals surface area contributed by atoms with Crippen molar-refractivity contribution in [1.29, 1.82) is 0 Å². The maximum atomic E-state index is 13.3. The summed E-state index contributed by atoms with van der Waals surface area (Å²) in [6, 6.07) is 11.1. The van der Waals surface area contributed by atoms with Gasteiger partial charge in [0.05, 0.1) is 18.2 Å². The van der Waals surface area contributed by atoms with Gasteiger partial charge in [-0.15, -0.1) is 0 Å². The molecule has 1 aliphatic rings. The second kappa shape index (κ2) is 7.91. The van der Waals surface area contributed by atoms with Crippen molar-refractivity contribution in [2.24, 2.45) is 5.73 Å². The summed E-state index contributed by atoms with van der Waals surface area (Å²) >= 11 is 0. The molecule has 150 valence electrons. The Morgan fingerprint density at radius 2 is 1.79 bits per heavy atom. The fraction of sp³-hybridized carbons (Fsp3) is 0.381. The molecule has 0 saturated carbocycles. The summed E-state index contributed by atoms with van der Waals surface area (Å²) in [4.78, 5) is 13.9. The van der Waals surface area contributed by atoms with E-state index in [1.807, 2.05) is 0 Å². The molecule has 3 atom stereocenters. The van der Waals surface area contributed by atoms with E-state index in [4.69, 9.17) is 5.73 Å². The van der Waals surface area contributed by atoms with Crippen LogP contribution in [0.4, 0.5) is 17.6 Å². The molecule has 0 spiro atoms. The number of amides is 1. The number of hydrogen-bond donors (Lipinski definition) is 1. The van der Waals surface area contributed by atoms with Gasteiger partial charge < -0.3 is 10.6 Å². The highest BCUT2D eigenvalue weighted by atomic mass is 19.4. The number of hydrogen-bond acceptors (Lipinski definition) is 2. The molecule has 2 aromatic carbocycles. The summed E-state index contributed by atoms with van der Waals surface area (Å²) in [5.74, 6) is -0.655.